The normalized spacial score (nSPS) is 11.6. The van der Waals surface area contributed by atoms with Crippen molar-refractivity contribution in [3.8, 4) is 0 Å². The van der Waals surface area contributed by atoms with Gasteiger partial charge >= 0.3 is 0 Å². The Morgan fingerprint density at radius 3 is 2.12 bits per heavy atom. The average Bonchev–Trinajstić information content (AvgIpc) is 2.79. The first-order valence-corrected chi connectivity index (χ1v) is 11.2. The Bertz CT molecular complexity index is 1020. The van der Waals surface area contributed by atoms with E-state index < -0.39 is 6.04 Å². The van der Waals surface area contributed by atoms with Gasteiger partial charge in [-0.1, -0.05) is 83.9 Å². The summed E-state index contributed by atoms with van der Waals surface area (Å²) in [5, 5.41) is 3.55. The van der Waals surface area contributed by atoms with Crippen LogP contribution in [0.15, 0.2) is 78.9 Å². The van der Waals surface area contributed by atoms with E-state index in [9.17, 15) is 9.59 Å². The average molecular weight is 449 g/mol. The van der Waals surface area contributed by atoms with E-state index in [1.165, 1.54) is 0 Å². The summed E-state index contributed by atoms with van der Waals surface area (Å²) in [6.07, 6.45) is 0.679. The van der Waals surface area contributed by atoms with Crippen molar-refractivity contribution >= 4 is 23.4 Å². The minimum Gasteiger partial charge on any atom is -0.355 e. The van der Waals surface area contributed by atoms with Crippen molar-refractivity contribution in [2.45, 2.75) is 39.3 Å². The van der Waals surface area contributed by atoms with Crippen LogP contribution in [0.3, 0.4) is 0 Å². The smallest absolute Gasteiger partial charge is 0.243 e. The van der Waals surface area contributed by atoms with Gasteiger partial charge in [-0.15, -0.1) is 0 Å². The maximum Gasteiger partial charge on any atom is 0.243 e. The highest BCUT2D eigenvalue weighted by molar-refractivity contribution is 6.30. The van der Waals surface area contributed by atoms with Crippen molar-refractivity contribution in [2.24, 2.45) is 0 Å². The van der Waals surface area contributed by atoms with Gasteiger partial charge in [0.2, 0.25) is 11.8 Å². The molecule has 4 nitrogen and oxygen atoms in total. The summed E-state index contributed by atoms with van der Waals surface area (Å²) in [7, 11) is 0. The van der Waals surface area contributed by atoms with Crippen LogP contribution in [0, 0.1) is 6.92 Å². The Hall–Kier alpha value is -3.11. The third-order valence-electron chi connectivity index (χ3n) is 5.36. The monoisotopic (exact) mass is 448 g/mol. The molecule has 5 heteroatoms. The molecule has 0 saturated carbocycles. The highest BCUT2D eigenvalue weighted by Gasteiger charge is 2.30. The van der Waals surface area contributed by atoms with Crippen molar-refractivity contribution in [3.63, 3.8) is 0 Å². The standard InChI is InChI=1S/C27H29ClN2O2/c1-3-29-27(32)25(17-21-7-5-4-6-8-21)30(19-23-13-15-24(28)16-14-23)26(31)18-22-11-9-20(2)10-12-22/h4-16,25H,3,17-19H2,1-2H3,(H,29,32)/t25-/m0/s1. The van der Waals surface area contributed by atoms with Crippen molar-refractivity contribution < 1.29 is 9.59 Å². The van der Waals surface area contributed by atoms with Crippen LogP contribution in [0.25, 0.3) is 0 Å². The highest BCUT2D eigenvalue weighted by Crippen LogP contribution is 2.18. The number of hydrogen-bond donors (Lipinski definition) is 1. The number of carbonyl (C=O) groups is 2. The Morgan fingerprint density at radius 1 is 0.875 bits per heavy atom. The lowest BCUT2D eigenvalue weighted by Crippen LogP contribution is -2.50. The minimum atomic E-state index is -0.619. The molecule has 2 amide bonds. The van der Waals surface area contributed by atoms with Crippen LogP contribution < -0.4 is 5.32 Å². The van der Waals surface area contributed by atoms with Gasteiger partial charge in [0.15, 0.2) is 0 Å². The summed E-state index contributed by atoms with van der Waals surface area (Å²) in [6.45, 7) is 4.74. The van der Waals surface area contributed by atoms with Crippen LogP contribution in [0.2, 0.25) is 5.02 Å². The van der Waals surface area contributed by atoms with Gasteiger partial charge in [-0.2, -0.15) is 0 Å². The summed E-state index contributed by atoms with van der Waals surface area (Å²) in [6, 6.07) is 24.5. The molecule has 0 aromatic heterocycles. The molecule has 3 aromatic carbocycles. The Balaban J connectivity index is 1.93. The number of halogens is 1. The molecule has 166 valence electrons. The van der Waals surface area contributed by atoms with E-state index in [0.29, 0.717) is 24.5 Å². The van der Waals surface area contributed by atoms with E-state index in [-0.39, 0.29) is 18.2 Å². The third-order valence-corrected chi connectivity index (χ3v) is 5.62. The number of carbonyl (C=O) groups excluding carboxylic acids is 2. The number of aryl methyl sites for hydroxylation is 1. The van der Waals surface area contributed by atoms with Gasteiger partial charge in [-0.3, -0.25) is 9.59 Å². The summed E-state index contributed by atoms with van der Waals surface area (Å²) in [5.74, 6) is -0.237. The van der Waals surface area contributed by atoms with E-state index >= 15 is 0 Å². The Labute approximate surface area is 195 Å². The number of amides is 2. The second-order valence-electron chi connectivity index (χ2n) is 7.91. The molecule has 0 saturated heterocycles. The quantitative estimate of drug-likeness (QED) is 0.502. The minimum absolute atomic E-state index is 0.0870. The van der Waals surface area contributed by atoms with E-state index in [0.717, 1.165) is 22.3 Å². The molecule has 3 rings (SSSR count). The van der Waals surface area contributed by atoms with Crippen molar-refractivity contribution in [3.05, 3.63) is 106 Å². The zero-order chi connectivity index (χ0) is 22.9. The molecule has 0 heterocycles. The molecule has 0 aliphatic carbocycles. The van der Waals surface area contributed by atoms with Crippen molar-refractivity contribution in [1.29, 1.82) is 0 Å². The molecule has 0 aliphatic heterocycles. The number of hydrogen-bond acceptors (Lipinski definition) is 2. The van der Waals surface area contributed by atoms with Crippen LogP contribution in [-0.4, -0.2) is 29.3 Å². The zero-order valence-corrected chi connectivity index (χ0v) is 19.3. The number of benzene rings is 3. The molecule has 0 radical (unpaired) electrons. The largest absolute Gasteiger partial charge is 0.355 e. The van der Waals surface area contributed by atoms with Gasteiger partial charge in [0.25, 0.3) is 0 Å². The molecule has 32 heavy (non-hydrogen) atoms. The molecule has 3 aromatic rings. The predicted molar refractivity (Wildman–Crippen MR) is 130 cm³/mol. The lowest BCUT2D eigenvalue weighted by Gasteiger charge is -2.31. The maximum absolute atomic E-state index is 13.5. The summed E-state index contributed by atoms with van der Waals surface area (Å²) in [5.41, 5.74) is 4.00. The number of nitrogens with one attached hydrogen (secondary N) is 1. The van der Waals surface area contributed by atoms with E-state index in [1.807, 2.05) is 80.6 Å². The SMILES string of the molecule is CCNC(=O)[C@H](Cc1ccccc1)N(Cc1ccc(Cl)cc1)C(=O)Cc1ccc(C)cc1. The summed E-state index contributed by atoms with van der Waals surface area (Å²) >= 11 is 6.05. The topological polar surface area (TPSA) is 49.4 Å². The number of likely N-dealkylation sites (N-methyl/N-ethyl adjacent to an activating group) is 1. The molecule has 0 bridgehead atoms. The molecule has 0 fully saturated rings. The molecule has 0 spiro atoms. The number of rotatable bonds is 9. The second-order valence-corrected chi connectivity index (χ2v) is 8.35. The molecular formula is C27H29ClN2O2. The Kier molecular flexibility index (Phi) is 8.46. The molecule has 0 unspecified atom stereocenters. The van der Waals surface area contributed by atoms with E-state index in [1.54, 1.807) is 17.0 Å². The lowest BCUT2D eigenvalue weighted by molar-refractivity contribution is -0.140. The highest BCUT2D eigenvalue weighted by atomic mass is 35.5. The van der Waals surface area contributed by atoms with Crippen molar-refractivity contribution in [1.82, 2.24) is 10.2 Å². The van der Waals surface area contributed by atoms with Crippen molar-refractivity contribution in [2.75, 3.05) is 6.54 Å². The van der Waals surface area contributed by atoms with Gasteiger partial charge in [0.05, 0.1) is 6.42 Å². The fourth-order valence-corrected chi connectivity index (χ4v) is 3.74. The summed E-state index contributed by atoms with van der Waals surface area (Å²) < 4.78 is 0. The second kappa shape index (κ2) is 11.5. The van der Waals surface area contributed by atoms with Crippen LogP contribution in [-0.2, 0) is 29.0 Å². The number of nitrogens with zero attached hydrogens (tertiary/aromatic N) is 1. The predicted octanol–water partition coefficient (Wildman–Crippen LogP) is 4.97. The van der Waals surface area contributed by atoms with Gasteiger partial charge in [0, 0.05) is 24.5 Å². The van der Waals surface area contributed by atoms with Gasteiger partial charge in [-0.25, -0.2) is 0 Å². The molecule has 0 aliphatic rings. The summed E-state index contributed by atoms with van der Waals surface area (Å²) in [4.78, 5) is 28.3. The van der Waals surface area contributed by atoms with E-state index in [4.69, 9.17) is 11.6 Å². The zero-order valence-electron chi connectivity index (χ0n) is 18.6. The fourth-order valence-electron chi connectivity index (χ4n) is 3.61. The van der Waals surface area contributed by atoms with Crippen LogP contribution in [0.1, 0.15) is 29.2 Å². The first-order valence-electron chi connectivity index (χ1n) is 10.9. The third kappa shape index (κ3) is 6.69. The first kappa shape index (κ1) is 23.6. The molecule has 1 atom stereocenters. The Morgan fingerprint density at radius 2 is 1.50 bits per heavy atom. The van der Waals surface area contributed by atoms with Gasteiger partial charge < -0.3 is 10.2 Å². The fraction of sp³-hybridized carbons (Fsp3) is 0.259. The molecule has 1 N–H and O–H groups in total. The van der Waals surface area contributed by atoms with Gasteiger partial charge in [-0.05, 0) is 42.7 Å². The molecular weight excluding hydrogens is 420 g/mol. The van der Waals surface area contributed by atoms with Crippen LogP contribution >= 0.6 is 11.6 Å². The van der Waals surface area contributed by atoms with Crippen LogP contribution in [0.5, 0.6) is 0 Å². The first-order chi connectivity index (χ1) is 15.5. The maximum atomic E-state index is 13.5. The van der Waals surface area contributed by atoms with Crippen LogP contribution in [0.4, 0.5) is 0 Å². The van der Waals surface area contributed by atoms with E-state index in [2.05, 4.69) is 5.32 Å². The van der Waals surface area contributed by atoms with Gasteiger partial charge in [0.1, 0.15) is 6.04 Å². The lowest BCUT2D eigenvalue weighted by atomic mass is 10.0.